The third-order valence-electron chi connectivity index (χ3n) is 5.26. The van der Waals surface area contributed by atoms with E-state index in [1.807, 2.05) is 30.3 Å². The first kappa shape index (κ1) is 23.6. The number of nitrogens with one attached hydrogen (secondary N) is 1. The maximum Gasteiger partial charge on any atom is 0.338 e. The first-order valence-corrected chi connectivity index (χ1v) is 11.0. The molecule has 4 rings (SSSR count). The number of ether oxygens (including phenoxy) is 3. The number of methoxy groups -OCH3 is 1. The van der Waals surface area contributed by atoms with E-state index in [1.165, 1.54) is 25.3 Å². The highest BCUT2D eigenvalue weighted by atomic mass is 16.5. The van der Waals surface area contributed by atoms with Gasteiger partial charge in [-0.25, -0.2) is 9.80 Å². The van der Waals surface area contributed by atoms with Crippen LogP contribution in [0, 0.1) is 0 Å². The molecule has 0 radical (unpaired) electrons. The smallest absolute Gasteiger partial charge is 0.338 e. The van der Waals surface area contributed by atoms with Crippen molar-refractivity contribution in [1.29, 1.82) is 0 Å². The molecule has 1 aliphatic heterocycles. The van der Waals surface area contributed by atoms with Gasteiger partial charge in [0.15, 0.2) is 11.5 Å². The summed E-state index contributed by atoms with van der Waals surface area (Å²) in [5, 5.41) is 1.14. The Morgan fingerprint density at radius 2 is 1.71 bits per heavy atom. The molecule has 0 unspecified atom stereocenters. The molecule has 178 valence electrons. The van der Waals surface area contributed by atoms with Gasteiger partial charge in [0.05, 0.1) is 25.0 Å². The molecule has 2 amide bonds. The molecule has 1 N–H and O–H groups in total. The maximum atomic E-state index is 12.9. The van der Waals surface area contributed by atoms with Gasteiger partial charge < -0.3 is 14.2 Å². The van der Waals surface area contributed by atoms with E-state index < -0.39 is 17.8 Å². The van der Waals surface area contributed by atoms with Gasteiger partial charge in [-0.3, -0.25) is 15.0 Å². The minimum absolute atomic E-state index is 0.0283. The molecule has 0 aliphatic carbocycles. The first-order chi connectivity index (χ1) is 17.0. The monoisotopic (exact) mass is 472 g/mol. The SMILES string of the molecule is CCOC(=O)c1ccc(N2NC(=O)/C(=C/c3ccc(OCc4ccccc4)c(OC)c3)C2=O)cc1. The molecule has 1 aliphatic rings. The Bertz CT molecular complexity index is 1270. The van der Waals surface area contributed by atoms with Crippen molar-refractivity contribution in [3.05, 3.63) is 95.1 Å². The Hall–Kier alpha value is -4.59. The zero-order chi connectivity index (χ0) is 24.8. The molecule has 0 aromatic heterocycles. The highest BCUT2D eigenvalue weighted by Crippen LogP contribution is 2.30. The highest BCUT2D eigenvalue weighted by Gasteiger charge is 2.34. The summed E-state index contributed by atoms with van der Waals surface area (Å²) in [6, 6.07) is 21.1. The van der Waals surface area contributed by atoms with Crippen LogP contribution in [0.2, 0.25) is 0 Å². The standard InChI is InChI=1S/C27H24N2O6/c1-3-34-27(32)20-10-12-21(13-11-20)29-26(31)22(25(30)28-29)15-19-9-14-23(24(16-19)33-2)35-17-18-7-5-4-6-8-18/h4-16H,3,17H2,1-2H3,(H,28,30)/b22-15-. The summed E-state index contributed by atoms with van der Waals surface area (Å²) in [4.78, 5) is 37.3. The van der Waals surface area contributed by atoms with Crippen LogP contribution in [-0.2, 0) is 20.9 Å². The lowest BCUT2D eigenvalue weighted by Gasteiger charge is -2.15. The lowest BCUT2D eigenvalue weighted by atomic mass is 10.1. The molecular formula is C27H24N2O6. The van der Waals surface area contributed by atoms with Gasteiger partial charge in [-0.2, -0.15) is 0 Å². The van der Waals surface area contributed by atoms with E-state index in [9.17, 15) is 14.4 Å². The molecule has 0 saturated carbocycles. The van der Waals surface area contributed by atoms with Crippen molar-refractivity contribution in [1.82, 2.24) is 5.43 Å². The number of carbonyl (C=O) groups is 3. The predicted octanol–water partition coefficient (Wildman–Crippen LogP) is 3.91. The Morgan fingerprint density at radius 3 is 2.40 bits per heavy atom. The zero-order valence-electron chi connectivity index (χ0n) is 19.3. The molecule has 1 fully saturated rings. The zero-order valence-corrected chi connectivity index (χ0v) is 19.3. The van der Waals surface area contributed by atoms with Gasteiger partial charge in [0.1, 0.15) is 12.2 Å². The average molecular weight is 472 g/mol. The fourth-order valence-electron chi connectivity index (χ4n) is 3.50. The lowest BCUT2D eigenvalue weighted by molar-refractivity contribution is -0.117. The number of benzene rings is 3. The van der Waals surface area contributed by atoms with Crippen LogP contribution < -0.4 is 19.9 Å². The Morgan fingerprint density at radius 1 is 0.971 bits per heavy atom. The Balaban J connectivity index is 1.50. The number of hydrazine groups is 1. The summed E-state index contributed by atoms with van der Waals surface area (Å²) in [7, 11) is 1.52. The number of hydrogen-bond acceptors (Lipinski definition) is 6. The predicted molar refractivity (Wildman–Crippen MR) is 130 cm³/mol. The number of amides is 2. The van der Waals surface area contributed by atoms with Gasteiger partial charge >= 0.3 is 5.97 Å². The molecule has 0 atom stereocenters. The molecule has 8 heteroatoms. The summed E-state index contributed by atoms with van der Waals surface area (Å²) in [5.41, 5.74) is 4.91. The van der Waals surface area contributed by atoms with Crippen LogP contribution >= 0.6 is 0 Å². The second kappa shape index (κ2) is 10.6. The molecule has 3 aromatic carbocycles. The van der Waals surface area contributed by atoms with Crippen LogP contribution in [0.25, 0.3) is 6.08 Å². The van der Waals surface area contributed by atoms with Gasteiger partial charge in [-0.15, -0.1) is 0 Å². The molecule has 8 nitrogen and oxygen atoms in total. The van der Waals surface area contributed by atoms with Crippen molar-refractivity contribution in [3.8, 4) is 11.5 Å². The van der Waals surface area contributed by atoms with E-state index >= 15 is 0 Å². The van der Waals surface area contributed by atoms with Crippen molar-refractivity contribution in [2.75, 3.05) is 18.7 Å². The largest absolute Gasteiger partial charge is 0.493 e. The van der Waals surface area contributed by atoms with Crippen LogP contribution in [0.3, 0.4) is 0 Å². The summed E-state index contributed by atoms with van der Waals surface area (Å²) in [6.07, 6.45) is 1.49. The van der Waals surface area contributed by atoms with Crippen molar-refractivity contribution >= 4 is 29.5 Å². The van der Waals surface area contributed by atoms with E-state index in [2.05, 4.69) is 5.43 Å². The van der Waals surface area contributed by atoms with E-state index in [1.54, 1.807) is 37.3 Å². The first-order valence-electron chi connectivity index (χ1n) is 11.0. The molecular weight excluding hydrogens is 448 g/mol. The molecule has 3 aromatic rings. The van der Waals surface area contributed by atoms with Crippen LogP contribution in [0.15, 0.2) is 78.4 Å². The van der Waals surface area contributed by atoms with Crippen molar-refractivity contribution in [2.45, 2.75) is 13.5 Å². The Labute approximate surface area is 202 Å². The molecule has 0 spiro atoms. The third kappa shape index (κ3) is 5.33. The summed E-state index contributed by atoms with van der Waals surface area (Å²) in [6.45, 7) is 2.36. The summed E-state index contributed by atoms with van der Waals surface area (Å²) >= 11 is 0. The number of anilines is 1. The van der Waals surface area contributed by atoms with E-state index in [-0.39, 0.29) is 12.2 Å². The van der Waals surface area contributed by atoms with Crippen molar-refractivity contribution in [2.24, 2.45) is 0 Å². The van der Waals surface area contributed by atoms with Gasteiger partial charge in [0, 0.05) is 0 Å². The number of nitrogens with zero attached hydrogens (tertiary/aromatic N) is 1. The third-order valence-corrected chi connectivity index (χ3v) is 5.26. The summed E-state index contributed by atoms with van der Waals surface area (Å²) < 4.78 is 16.3. The topological polar surface area (TPSA) is 94.2 Å². The van der Waals surface area contributed by atoms with Gasteiger partial charge in [-0.05, 0) is 60.5 Å². The molecule has 1 heterocycles. The normalized spacial score (nSPS) is 14.1. The highest BCUT2D eigenvalue weighted by molar-refractivity contribution is 6.31. The number of esters is 1. The minimum atomic E-state index is -0.534. The fourth-order valence-corrected chi connectivity index (χ4v) is 3.50. The van der Waals surface area contributed by atoms with Crippen molar-refractivity contribution < 1.29 is 28.6 Å². The number of carbonyl (C=O) groups excluding carboxylic acids is 3. The van der Waals surface area contributed by atoms with Crippen LogP contribution in [0.1, 0.15) is 28.4 Å². The van der Waals surface area contributed by atoms with Crippen LogP contribution in [0.5, 0.6) is 11.5 Å². The van der Waals surface area contributed by atoms with Gasteiger partial charge in [0.2, 0.25) is 0 Å². The molecule has 35 heavy (non-hydrogen) atoms. The summed E-state index contributed by atoms with van der Waals surface area (Å²) in [5.74, 6) is -0.478. The molecule has 1 saturated heterocycles. The Kier molecular flexibility index (Phi) is 7.11. The van der Waals surface area contributed by atoms with Crippen molar-refractivity contribution in [3.63, 3.8) is 0 Å². The quantitative estimate of drug-likeness (QED) is 0.304. The number of hydrogen-bond donors (Lipinski definition) is 1. The van der Waals surface area contributed by atoms with E-state index in [0.29, 0.717) is 34.9 Å². The second-order valence-corrected chi connectivity index (χ2v) is 7.59. The van der Waals surface area contributed by atoms with Gasteiger partial charge in [-0.1, -0.05) is 36.4 Å². The van der Waals surface area contributed by atoms with E-state index in [4.69, 9.17) is 14.2 Å². The molecule has 0 bridgehead atoms. The minimum Gasteiger partial charge on any atom is -0.493 e. The van der Waals surface area contributed by atoms with Crippen LogP contribution in [0.4, 0.5) is 5.69 Å². The van der Waals surface area contributed by atoms with Gasteiger partial charge in [0.25, 0.3) is 11.8 Å². The van der Waals surface area contributed by atoms with E-state index in [0.717, 1.165) is 10.6 Å². The number of rotatable bonds is 8. The maximum absolute atomic E-state index is 12.9. The second-order valence-electron chi connectivity index (χ2n) is 7.59. The lowest BCUT2D eigenvalue weighted by Crippen LogP contribution is -2.35. The fraction of sp³-hybridized carbons (Fsp3) is 0.148. The van der Waals surface area contributed by atoms with Crippen LogP contribution in [-0.4, -0.2) is 31.5 Å². The average Bonchev–Trinajstić information content (AvgIpc) is 3.17.